The van der Waals surface area contributed by atoms with Crippen LogP contribution < -0.4 is 5.32 Å². The number of rotatable bonds is 9. The average Bonchev–Trinajstić information content (AvgIpc) is 2.36. The van der Waals surface area contributed by atoms with Gasteiger partial charge in [0.2, 0.25) is 11.8 Å². The summed E-state index contributed by atoms with van der Waals surface area (Å²) in [6, 6.07) is -0.512. The van der Waals surface area contributed by atoms with Crippen LogP contribution in [-0.2, 0) is 14.4 Å². The first-order chi connectivity index (χ1) is 9.65. The molecule has 0 radical (unpaired) electrons. The number of hydrogen-bond acceptors (Lipinski definition) is 3. The molecule has 1 N–H and O–H groups in total. The molecule has 0 aliphatic heterocycles. The van der Waals surface area contributed by atoms with Gasteiger partial charge >= 0.3 is 0 Å². The number of likely N-dealkylation sites (N-methyl/N-ethyl adjacent to an activating group) is 1. The van der Waals surface area contributed by atoms with Crippen molar-refractivity contribution in [2.24, 2.45) is 11.8 Å². The Labute approximate surface area is 128 Å². The number of nitrogens with zero attached hydrogens (tertiary/aromatic N) is 1. The molecule has 21 heavy (non-hydrogen) atoms. The predicted octanol–water partition coefficient (Wildman–Crippen LogP) is 2.00. The minimum atomic E-state index is -0.512. The number of ketones is 1. The van der Waals surface area contributed by atoms with Crippen LogP contribution in [-0.4, -0.2) is 42.1 Å². The molecule has 0 aliphatic rings. The molecule has 5 nitrogen and oxygen atoms in total. The van der Waals surface area contributed by atoms with E-state index in [-0.39, 0.29) is 30.1 Å². The highest BCUT2D eigenvalue weighted by molar-refractivity contribution is 5.91. The second-order valence-electron chi connectivity index (χ2n) is 6.38. The first-order valence-electron chi connectivity index (χ1n) is 7.72. The van der Waals surface area contributed by atoms with Crippen LogP contribution in [0.15, 0.2) is 0 Å². The number of Topliss-reactive ketones (excluding diaryl/α,β-unsaturated/α-hetero) is 1. The molecule has 0 saturated carbocycles. The van der Waals surface area contributed by atoms with E-state index in [0.717, 1.165) is 12.8 Å². The lowest BCUT2D eigenvalue weighted by Gasteiger charge is -2.19. The molecule has 0 aromatic heterocycles. The molecular weight excluding hydrogens is 268 g/mol. The summed E-state index contributed by atoms with van der Waals surface area (Å²) in [6.45, 7) is 9.51. The van der Waals surface area contributed by atoms with Gasteiger partial charge in [-0.05, 0) is 19.3 Å². The Morgan fingerprint density at radius 2 is 1.62 bits per heavy atom. The van der Waals surface area contributed by atoms with Crippen molar-refractivity contribution < 1.29 is 14.4 Å². The highest BCUT2D eigenvalue weighted by atomic mass is 16.2. The molecule has 0 bridgehead atoms. The Bertz CT molecular complexity index is 365. The molecule has 2 amide bonds. The summed E-state index contributed by atoms with van der Waals surface area (Å²) in [5.41, 5.74) is 0. The lowest BCUT2D eigenvalue weighted by molar-refractivity contribution is -0.135. The van der Waals surface area contributed by atoms with Gasteiger partial charge in [-0.2, -0.15) is 0 Å². The summed E-state index contributed by atoms with van der Waals surface area (Å²) < 4.78 is 0. The molecule has 0 rings (SSSR count). The number of carbonyl (C=O) groups is 3. The summed E-state index contributed by atoms with van der Waals surface area (Å²) in [4.78, 5) is 36.8. The summed E-state index contributed by atoms with van der Waals surface area (Å²) >= 11 is 0. The monoisotopic (exact) mass is 298 g/mol. The zero-order valence-electron chi connectivity index (χ0n) is 14.2. The molecule has 0 fully saturated rings. The van der Waals surface area contributed by atoms with Gasteiger partial charge in [0.25, 0.3) is 0 Å². The second-order valence-corrected chi connectivity index (χ2v) is 6.38. The third kappa shape index (κ3) is 8.48. The van der Waals surface area contributed by atoms with Crippen molar-refractivity contribution in [2.45, 2.75) is 59.9 Å². The maximum absolute atomic E-state index is 11.9. The predicted molar refractivity (Wildman–Crippen MR) is 83.8 cm³/mol. The zero-order valence-corrected chi connectivity index (χ0v) is 14.2. The van der Waals surface area contributed by atoms with Gasteiger partial charge in [-0.1, -0.05) is 34.1 Å². The van der Waals surface area contributed by atoms with Gasteiger partial charge in [0.1, 0.15) is 0 Å². The van der Waals surface area contributed by atoms with Gasteiger partial charge in [-0.15, -0.1) is 0 Å². The van der Waals surface area contributed by atoms with E-state index in [9.17, 15) is 14.4 Å². The maximum Gasteiger partial charge on any atom is 0.240 e. The normalized spacial score (nSPS) is 12.4. The number of carbonyl (C=O) groups excluding carboxylic acids is 3. The standard InChI is InChI=1S/C16H30N2O3/c1-11(2)8-7-9-15(20)18(6)10-14(19)17-13(5)16(21)12(3)4/h11-13H,7-10H2,1-6H3,(H,17,19)/t13-/m0/s1. The fraction of sp³-hybridized carbons (Fsp3) is 0.812. The Morgan fingerprint density at radius 1 is 1.05 bits per heavy atom. The Morgan fingerprint density at radius 3 is 2.10 bits per heavy atom. The topological polar surface area (TPSA) is 66.5 Å². The molecule has 0 unspecified atom stereocenters. The third-order valence-corrected chi connectivity index (χ3v) is 3.35. The van der Waals surface area contributed by atoms with Crippen molar-refractivity contribution in [1.29, 1.82) is 0 Å². The number of hydrogen-bond donors (Lipinski definition) is 1. The van der Waals surface area contributed by atoms with Crippen molar-refractivity contribution in [3.05, 3.63) is 0 Å². The van der Waals surface area contributed by atoms with Crippen LogP contribution in [0.3, 0.4) is 0 Å². The first-order valence-corrected chi connectivity index (χ1v) is 7.72. The Hall–Kier alpha value is -1.39. The van der Waals surface area contributed by atoms with Gasteiger partial charge in [-0.25, -0.2) is 0 Å². The van der Waals surface area contributed by atoms with E-state index in [2.05, 4.69) is 19.2 Å². The number of nitrogens with one attached hydrogen (secondary N) is 1. The molecule has 0 aromatic rings. The van der Waals surface area contributed by atoms with Gasteiger partial charge < -0.3 is 10.2 Å². The number of amides is 2. The van der Waals surface area contributed by atoms with Crippen LogP contribution in [0, 0.1) is 11.8 Å². The van der Waals surface area contributed by atoms with Gasteiger partial charge in [0, 0.05) is 19.4 Å². The van der Waals surface area contributed by atoms with Crippen molar-refractivity contribution >= 4 is 17.6 Å². The fourth-order valence-electron chi connectivity index (χ4n) is 2.01. The highest BCUT2D eigenvalue weighted by Crippen LogP contribution is 2.07. The van der Waals surface area contributed by atoms with Crippen LogP contribution in [0.25, 0.3) is 0 Å². The zero-order chi connectivity index (χ0) is 16.6. The smallest absolute Gasteiger partial charge is 0.240 e. The molecule has 0 aliphatic carbocycles. The van der Waals surface area contributed by atoms with Gasteiger partial charge in [0.15, 0.2) is 5.78 Å². The van der Waals surface area contributed by atoms with E-state index < -0.39 is 6.04 Å². The Kier molecular flexibility index (Phi) is 8.90. The molecule has 122 valence electrons. The molecule has 0 spiro atoms. The largest absolute Gasteiger partial charge is 0.345 e. The van der Waals surface area contributed by atoms with E-state index in [0.29, 0.717) is 12.3 Å². The first kappa shape index (κ1) is 19.6. The molecule has 5 heteroatoms. The average molecular weight is 298 g/mol. The van der Waals surface area contributed by atoms with E-state index in [1.165, 1.54) is 4.90 Å². The van der Waals surface area contributed by atoms with Crippen LogP contribution in [0.2, 0.25) is 0 Å². The molecule has 1 atom stereocenters. The van der Waals surface area contributed by atoms with Crippen molar-refractivity contribution in [3.8, 4) is 0 Å². The SMILES string of the molecule is CC(C)CCCC(=O)N(C)CC(=O)N[C@@H](C)C(=O)C(C)C. The highest BCUT2D eigenvalue weighted by Gasteiger charge is 2.20. The van der Waals surface area contributed by atoms with Crippen molar-refractivity contribution in [3.63, 3.8) is 0 Å². The van der Waals surface area contributed by atoms with Crippen LogP contribution in [0.4, 0.5) is 0 Å². The van der Waals surface area contributed by atoms with Crippen molar-refractivity contribution in [1.82, 2.24) is 10.2 Å². The Balaban J connectivity index is 4.14. The second kappa shape index (κ2) is 9.53. The quantitative estimate of drug-likeness (QED) is 0.708. The van der Waals surface area contributed by atoms with Crippen molar-refractivity contribution in [2.75, 3.05) is 13.6 Å². The minimum Gasteiger partial charge on any atom is -0.345 e. The fourth-order valence-corrected chi connectivity index (χ4v) is 2.01. The van der Waals surface area contributed by atoms with Crippen LogP contribution >= 0.6 is 0 Å². The van der Waals surface area contributed by atoms with E-state index in [1.807, 2.05) is 0 Å². The van der Waals surface area contributed by atoms with Crippen LogP contribution in [0.5, 0.6) is 0 Å². The molecule has 0 heterocycles. The van der Waals surface area contributed by atoms with E-state index in [4.69, 9.17) is 0 Å². The molecular formula is C16H30N2O3. The molecule has 0 aromatic carbocycles. The lowest BCUT2D eigenvalue weighted by Crippen LogP contribution is -2.45. The minimum absolute atomic E-state index is 0.00374. The van der Waals surface area contributed by atoms with E-state index >= 15 is 0 Å². The molecule has 0 saturated heterocycles. The maximum atomic E-state index is 11.9. The third-order valence-electron chi connectivity index (χ3n) is 3.35. The summed E-state index contributed by atoms with van der Waals surface area (Å²) in [6.07, 6.45) is 2.30. The van der Waals surface area contributed by atoms with Gasteiger partial charge in [0.05, 0.1) is 12.6 Å². The van der Waals surface area contributed by atoms with Crippen LogP contribution in [0.1, 0.15) is 53.9 Å². The lowest BCUT2D eigenvalue weighted by atomic mass is 10.0. The summed E-state index contributed by atoms with van der Waals surface area (Å²) in [7, 11) is 1.62. The van der Waals surface area contributed by atoms with E-state index in [1.54, 1.807) is 27.8 Å². The van der Waals surface area contributed by atoms with Gasteiger partial charge in [-0.3, -0.25) is 14.4 Å². The summed E-state index contributed by atoms with van der Waals surface area (Å²) in [5, 5.41) is 2.64. The summed E-state index contributed by atoms with van der Waals surface area (Å²) in [5.74, 6) is 0.129.